The number of halogens is 2. The molecule has 0 fully saturated rings. The predicted molar refractivity (Wildman–Crippen MR) is 135 cm³/mol. The number of fused-ring (bicyclic) bond motifs is 2. The zero-order valence-corrected chi connectivity index (χ0v) is 21.4. The summed E-state index contributed by atoms with van der Waals surface area (Å²) in [6.07, 6.45) is 0.224. The van der Waals surface area contributed by atoms with E-state index in [2.05, 4.69) is 10.6 Å². The number of anilines is 1. The Labute approximate surface area is 209 Å². The van der Waals surface area contributed by atoms with E-state index in [0.29, 0.717) is 22.4 Å². The van der Waals surface area contributed by atoms with Gasteiger partial charge in [0.05, 0.1) is 11.6 Å². The van der Waals surface area contributed by atoms with Gasteiger partial charge >= 0.3 is 0 Å². The standard InChI is InChI=1S/C24H25ClFN3O4.C2H6/c1-4-24(23(31)27-13-16-18(28-24)10-9-17(26)20(16)25)29(11-12-32-3)22(30)21-14(2)15-7-5-6-8-19(15)33-21;1-2/h5-10,28H,4,11-13H2,1-3H3,(H,27,31);1-2H3. The first-order chi connectivity index (χ1) is 16.8. The van der Waals surface area contributed by atoms with Crippen molar-refractivity contribution >= 4 is 40.1 Å². The Morgan fingerprint density at radius 2 is 1.97 bits per heavy atom. The van der Waals surface area contributed by atoms with Gasteiger partial charge in [0.2, 0.25) is 0 Å². The average molecular weight is 504 g/mol. The van der Waals surface area contributed by atoms with E-state index < -0.39 is 23.3 Å². The molecular formula is C26H31ClFN3O4. The van der Waals surface area contributed by atoms with Crippen molar-refractivity contribution in [2.45, 2.75) is 46.3 Å². The SMILES string of the molecule is CC.CCC1(N(CCOC)C(=O)c2oc3ccccc3c2C)Nc2ccc(F)c(Cl)c2CNC1=O. The summed E-state index contributed by atoms with van der Waals surface area (Å²) in [7, 11) is 1.52. The van der Waals surface area contributed by atoms with Crippen LogP contribution >= 0.6 is 11.6 Å². The van der Waals surface area contributed by atoms with Crippen molar-refractivity contribution in [3.63, 3.8) is 0 Å². The van der Waals surface area contributed by atoms with Gasteiger partial charge in [-0.05, 0) is 31.5 Å². The summed E-state index contributed by atoms with van der Waals surface area (Å²) < 4.78 is 25.2. The van der Waals surface area contributed by atoms with Crippen LogP contribution in [0.15, 0.2) is 40.8 Å². The first-order valence-electron chi connectivity index (χ1n) is 11.7. The number of nitrogens with one attached hydrogen (secondary N) is 2. The van der Waals surface area contributed by atoms with E-state index in [-0.39, 0.29) is 36.9 Å². The highest BCUT2D eigenvalue weighted by Gasteiger charge is 2.48. The van der Waals surface area contributed by atoms with E-state index in [1.54, 1.807) is 13.0 Å². The number of furan rings is 1. The maximum absolute atomic E-state index is 14.1. The number of carbonyl (C=O) groups is 2. The summed E-state index contributed by atoms with van der Waals surface area (Å²) in [6, 6.07) is 10.1. The minimum Gasteiger partial charge on any atom is -0.451 e. The second-order valence-corrected chi connectivity index (χ2v) is 8.29. The maximum atomic E-state index is 14.1. The highest BCUT2D eigenvalue weighted by atomic mass is 35.5. The molecule has 0 spiro atoms. The highest BCUT2D eigenvalue weighted by molar-refractivity contribution is 6.32. The van der Waals surface area contributed by atoms with Gasteiger partial charge in [-0.2, -0.15) is 0 Å². The van der Waals surface area contributed by atoms with Crippen molar-refractivity contribution in [1.29, 1.82) is 0 Å². The molecule has 1 aliphatic heterocycles. The van der Waals surface area contributed by atoms with Gasteiger partial charge in [0.1, 0.15) is 11.4 Å². The minimum atomic E-state index is -1.48. The van der Waals surface area contributed by atoms with Crippen LogP contribution in [0.5, 0.6) is 0 Å². The second-order valence-electron chi connectivity index (χ2n) is 7.91. The molecule has 3 aromatic rings. The molecule has 0 aliphatic carbocycles. The fourth-order valence-corrected chi connectivity index (χ4v) is 4.49. The minimum absolute atomic E-state index is 0.0233. The topological polar surface area (TPSA) is 83.8 Å². The second kappa shape index (κ2) is 11.1. The van der Waals surface area contributed by atoms with E-state index in [0.717, 1.165) is 5.39 Å². The molecule has 0 saturated heterocycles. The zero-order valence-electron chi connectivity index (χ0n) is 20.6. The van der Waals surface area contributed by atoms with Crippen LogP contribution in [0.3, 0.4) is 0 Å². The molecule has 2 N–H and O–H groups in total. The smallest absolute Gasteiger partial charge is 0.292 e. The molecule has 1 unspecified atom stereocenters. The first kappa shape index (κ1) is 26.5. The molecule has 35 heavy (non-hydrogen) atoms. The van der Waals surface area contributed by atoms with Crippen LogP contribution in [0.2, 0.25) is 5.02 Å². The van der Waals surface area contributed by atoms with Crippen molar-refractivity contribution in [3.8, 4) is 0 Å². The summed E-state index contributed by atoms with van der Waals surface area (Å²) in [4.78, 5) is 28.7. The number of hydrogen-bond donors (Lipinski definition) is 2. The van der Waals surface area contributed by atoms with E-state index in [1.165, 1.54) is 24.1 Å². The van der Waals surface area contributed by atoms with Crippen LogP contribution in [-0.2, 0) is 16.1 Å². The van der Waals surface area contributed by atoms with Gasteiger partial charge in [0.15, 0.2) is 11.4 Å². The summed E-state index contributed by atoms with van der Waals surface area (Å²) in [6.45, 7) is 7.94. The van der Waals surface area contributed by atoms with Crippen LogP contribution < -0.4 is 10.6 Å². The molecule has 1 atom stereocenters. The van der Waals surface area contributed by atoms with E-state index in [1.807, 2.05) is 39.0 Å². The van der Waals surface area contributed by atoms with Gasteiger partial charge < -0.3 is 24.7 Å². The molecule has 2 heterocycles. The lowest BCUT2D eigenvalue weighted by molar-refractivity contribution is -0.131. The third kappa shape index (κ3) is 4.73. The Balaban J connectivity index is 0.00000167. The number of rotatable bonds is 6. The third-order valence-corrected chi connectivity index (χ3v) is 6.52. The molecule has 0 bridgehead atoms. The number of benzene rings is 2. The summed E-state index contributed by atoms with van der Waals surface area (Å²) in [5.41, 5.74) is 0.677. The van der Waals surface area contributed by atoms with Gasteiger partial charge in [0.25, 0.3) is 11.8 Å². The average Bonchev–Trinajstić information content (AvgIpc) is 3.14. The number of para-hydroxylation sites is 1. The number of amides is 2. The van der Waals surface area contributed by atoms with Gasteiger partial charge in [-0.1, -0.05) is 50.6 Å². The predicted octanol–water partition coefficient (Wildman–Crippen LogP) is 5.50. The van der Waals surface area contributed by atoms with Gasteiger partial charge in [-0.3, -0.25) is 9.59 Å². The summed E-state index contributed by atoms with van der Waals surface area (Å²) in [5, 5.41) is 6.74. The van der Waals surface area contributed by atoms with Gasteiger partial charge in [0, 0.05) is 42.4 Å². The van der Waals surface area contributed by atoms with E-state index in [4.69, 9.17) is 20.8 Å². The fourth-order valence-electron chi connectivity index (χ4n) is 4.26. The van der Waals surface area contributed by atoms with Gasteiger partial charge in [-0.25, -0.2) is 4.39 Å². The third-order valence-electron chi connectivity index (χ3n) is 6.11. The molecule has 0 radical (unpaired) electrons. The fraction of sp³-hybridized carbons (Fsp3) is 0.385. The molecule has 0 saturated carbocycles. The Morgan fingerprint density at radius 1 is 1.26 bits per heavy atom. The van der Waals surface area contributed by atoms with Crippen molar-refractivity contribution in [2.24, 2.45) is 0 Å². The monoisotopic (exact) mass is 503 g/mol. The summed E-state index contributed by atoms with van der Waals surface area (Å²) in [5.74, 6) is -1.32. The zero-order chi connectivity index (χ0) is 25.8. The van der Waals surface area contributed by atoms with Crippen LogP contribution in [0, 0.1) is 12.7 Å². The van der Waals surface area contributed by atoms with Gasteiger partial charge in [-0.15, -0.1) is 0 Å². The lowest BCUT2D eigenvalue weighted by atomic mass is 10.0. The number of nitrogens with zero attached hydrogens (tertiary/aromatic N) is 1. The van der Waals surface area contributed by atoms with Crippen LogP contribution in [0.4, 0.5) is 10.1 Å². The molecule has 2 amide bonds. The Bertz CT molecular complexity index is 1230. The van der Waals surface area contributed by atoms with Crippen LogP contribution in [-0.4, -0.2) is 42.6 Å². The van der Waals surface area contributed by atoms with Crippen LogP contribution in [0.1, 0.15) is 48.9 Å². The van der Waals surface area contributed by atoms with Crippen molar-refractivity contribution in [3.05, 3.63) is 64.1 Å². The first-order valence-corrected chi connectivity index (χ1v) is 12.0. The largest absolute Gasteiger partial charge is 0.451 e. The number of hydrogen-bond acceptors (Lipinski definition) is 5. The van der Waals surface area contributed by atoms with Crippen LogP contribution in [0.25, 0.3) is 11.0 Å². The molecule has 4 rings (SSSR count). The Hall–Kier alpha value is -3.10. The number of aryl methyl sites for hydroxylation is 1. The quantitative estimate of drug-likeness (QED) is 0.464. The highest BCUT2D eigenvalue weighted by Crippen LogP contribution is 2.35. The number of carbonyl (C=O) groups excluding carboxylic acids is 2. The molecule has 1 aromatic heterocycles. The van der Waals surface area contributed by atoms with E-state index in [9.17, 15) is 14.0 Å². The Morgan fingerprint density at radius 3 is 2.63 bits per heavy atom. The van der Waals surface area contributed by atoms with E-state index >= 15 is 0 Å². The number of ether oxygens (including phenoxy) is 1. The lowest BCUT2D eigenvalue weighted by Gasteiger charge is -2.42. The lowest BCUT2D eigenvalue weighted by Crippen LogP contribution is -2.64. The van der Waals surface area contributed by atoms with Crippen molar-refractivity contribution in [1.82, 2.24) is 10.2 Å². The normalized spacial score (nSPS) is 16.9. The molecule has 7 nitrogen and oxygen atoms in total. The molecule has 9 heteroatoms. The van der Waals surface area contributed by atoms with Crippen molar-refractivity contribution in [2.75, 3.05) is 25.6 Å². The maximum Gasteiger partial charge on any atom is 0.292 e. The Kier molecular flexibility index (Phi) is 8.40. The molecule has 188 valence electrons. The molecular weight excluding hydrogens is 473 g/mol. The number of methoxy groups -OCH3 is 1. The molecule has 2 aromatic carbocycles. The van der Waals surface area contributed by atoms with Crippen molar-refractivity contribution < 1.29 is 23.1 Å². The molecule has 1 aliphatic rings. The summed E-state index contributed by atoms with van der Waals surface area (Å²) >= 11 is 6.17.